The molecule has 0 saturated carbocycles. The molecule has 1 aromatic carbocycles. The smallest absolute Gasteiger partial charge is 0.253 e. The lowest BCUT2D eigenvalue weighted by Gasteiger charge is -2.41. The van der Waals surface area contributed by atoms with Crippen LogP contribution in [0.25, 0.3) is 0 Å². The molecule has 3 N–H and O–H groups in total. The van der Waals surface area contributed by atoms with Crippen LogP contribution in [0.2, 0.25) is 0 Å². The van der Waals surface area contributed by atoms with E-state index < -0.39 is 81.3 Å². The molecule has 0 aliphatic carbocycles. The van der Waals surface area contributed by atoms with Crippen molar-refractivity contribution in [3.63, 3.8) is 0 Å². The minimum absolute atomic E-state index is 0.00755. The molecular weight excluding hydrogens is 1180 g/mol. The topological polar surface area (TPSA) is 302 Å². The van der Waals surface area contributed by atoms with Crippen molar-refractivity contribution in [1.82, 2.24) is 24.9 Å². The first-order valence-electron chi connectivity index (χ1n) is 32.0. The number of likely N-dealkylation sites (N-methyl/N-ethyl adjacent to an activating group) is 2. The summed E-state index contributed by atoms with van der Waals surface area (Å²) in [6.07, 6.45) is 3.34. The highest BCUT2D eigenvalue weighted by atomic mass is 32.2. The number of nitrogens with zero attached hydrogens (tertiary/aromatic N) is 4. The van der Waals surface area contributed by atoms with E-state index in [9.17, 15) is 56.4 Å². The number of carbonyl (C=O) groups is 10. The van der Waals surface area contributed by atoms with Crippen molar-refractivity contribution in [2.75, 3.05) is 93.8 Å². The van der Waals surface area contributed by atoms with Crippen LogP contribution in [0.5, 0.6) is 0 Å². The Morgan fingerprint density at radius 3 is 1.83 bits per heavy atom. The van der Waals surface area contributed by atoms with Crippen LogP contribution in [0.4, 0.5) is 0 Å². The Morgan fingerprint density at radius 1 is 0.711 bits per heavy atom. The van der Waals surface area contributed by atoms with Gasteiger partial charge < -0.3 is 44.5 Å². The average molecular weight is 1290 g/mol. The number of sulfone groups is 1. The van der Waals surface area contributed by atoms with Gasteiger partial charge in [-0.2, -0.15) is 0 Å². The lowest BCUT2D eigenvalue weighted by atomic mass is 9.83. The van der Waals surface area contributed by atoms with E-state index in [1.54, 1.807) is 37.6 Å². The van der Waals surface area contributed by atoms with E-state index in [-0.39, 0.29) is 167 Å². The maximum Gasteiger partial charge on any atom is 0.253 e. The third-order valence-electron chi connectivity index (χ3n) is 17.5. The summed E-state index contributed by atoms with van der Waals surface area (Å²) in [6.45, 7) is 18.7. The summed E-state index contributed by atoms with van der Waals surface area (Å²) in [5.74, 6) is -7.10. The van der Waals surface area contributed by atoms with Crippen LogP contribution in [0, 0.1) is 41.4 Å². The normalized spacial score (nSPS) is 17.6. The van der Waals surface area contributed by atoms with Gasteiger partial charge in [0, 0.05) is 89.8 Å². The van der Waals surface area contributed by atoms with Gasteiger partial charge >= 0.3 is 0 Å². The van der Waals surface area contributed by atoms with Crippen LogP contribution in [0.3, 0.4) is 0 Å². The molecule has 508 valence electrons. The van der Waals surface area contributed by atoms with Crippen LogP contribution in [-0.4, -0.2) is 217 Å². The Hall–Kier alpha value is -5.63. The number of likely N-dealkylation sites (tertiary alicyclic amines) is 1. The molecule has 10 atom stereocenters. The molecule has 90 heavy (non-hydrogen) atoms. The van der Waals surface area contributed by atoms with Crippen LogP contribution >= 0.6 is 0 Å². The zero-order valence-corrected chi connectivity index (χ0v) is 56.9. The molecule has 0 aromatic heterocycles. The molecule has 23 nitrogen and oxygen atoms in total. The van der Waals surface area contributed by atoms with Crippen molar-refractivity contribution >= 4 is 68.4 Å². The second-order valence-electron chi connectivity index (χ2n) is 25.4. The molecule has 0 spiro atoms. The van der Waals surface area contributed by atoms with Crippen molar-refractivity contribution in [2.45, 2.75) is 181 Å². The number of hydrogen-bond acceptors (Lipinski definition) is 18. The number of amides is 6. The fourth-order valence-corrected chi connectivity index (χ4v) is 13.5. The number of unbranched alkanes of at least 4 members (excludes halogenated alkanes) is 1. The molecule has 0 bridgehead atoms. The van der Waals surface area contributed by atoms with Gasteiger partial charge in [-0.15, -0.1) is 0 Å². The van der Waals surface area contributed by atoms with Crippen LogP contribution in [0.15, 0.2) is 41.3 Å². The monoisotopic (exact) mass is 1290 g/mol. The molecule has 6 amide bonds. The van der Waals surface area contributed by atoms with E-state index in [0.717, 1.165) is 4.90 Å². The Balaban J connectivity index is 1.64. The minimum atomic E-state index is -4.23. The van der Waals surface area contributed by atoms with Gasteiger partial charge in [-0.1, -0.05) is 87.3 Å². The molecule has 3 rings (SSSR count). The first kappa shape index (κ1) is 78.6. The zero-order chi connectivity index (χ0) is 67.6. The summed E-state index contributed by atoms with van der Waals surface area (Å²) in [5.41, 5.74) is 5.80. The van der Waals surface area contributed by atoms with Gasteiger partial charge in [0.1, 0.15) is 11.5 Å². The SMILES string of the molecule is CC[C@H](C)[C@@H]([C@@H](CC(=O)N1CCC[C@H]1[C@H](OC)[C@@H](C)C(=O)CS(=O)(=O)c1ccc(CC(=O)[C@H](CCCCC(N)=O)NC(=O)[C@@H](CC(=O)CCOCCOCCOCCN2C(=O)C=CC2=O)C(C)C)cc1)OC)N(C)C(=O)[C@@H](CC(=O)[C@H](C(C)C)N(C)C)C(C)C. The Labute approximate surface area is 534 Å². The van der Waals surface area contributed by atoms with Gasteiger partial charge in [-0.3, -0.25) is 57.7 Å². The standard InChI is InChI=1S/C66H106N6O17S/c1-15-45(8)63(70(12)66(82)51(43(4)5)39-55(75)62(44(6)7)69(10)11)57(85-13)40-61(80)71-29-18-20-53(71)64(86-14)46(9)56(76)41-90(83,84)49-24-22-47(23-25-49)37-54(74)52(19-16-17-21-58(67)77)68-65(81)50(42(2)3)38-48(73)28-31-87-33-35-89-36-34-88-32-30-72-59(78)26-27-60(72)79/h22-27,42-46,50-53,57,62-64H,15-21,28-41H2,1-14H3,(H2,67,77)(H,68,81)/t45-,46-,50-,51-,52-,53-,57+,62-,63-,64+/m0/s1. The van der Waals surface area contributed by atoms with E-state index >= 15 is 0 Å². The maximum atomic E-state index is 14.5. The highest BCUT2D eigenvalue weighted by Crippen LogP contribution is 2.32. The number of nitrogens with two attached hydrogens (primary N) is 1. The quantitative estimate of drug-likeness (QED) is 0.0640. The number of nitrogens with one attached hydrogen (secondary N) is 1. The van der Waals surface area contributed by atoms with E-state index in [2.05, 4.69) is 5.32 Å². The summed E-state index contributed by atoms with van der Waals surface area (Å²) in [5, 5.41) is 2.85. The lowest BCUT2D eigenvalue weighted by molar-refractivity contribution is -0.149. The van der Waals surface area contributed by atoms with Crippen molar-refractivity contribution in [2.24, 2.45) is 47.2 Å². The number of rotatable bonds is 46. The number of ether oxygens (including phenoxy) is 5. The molecule has 0 unspecified atom stereocenters. The number of primary amides is 1. The zero-order valence-electron chi connectivity index (χ0n) is 56.0. The van der Waals surface area contributed by atoms with Gasteiger partial charge in [-0.05, 0) is 81.1 Å². The third kappa shape index (κ3) is 24.4. The minimum Gasteiger partial charge on any atom is -0.379 e. The first-order chi connectivity index (χ1) is 42.4. The molecule has 1 fully saturated rings. The largest absolute Gasteiger partial charge is 0.379 e. The van der Waals surface area contributed by atoms with E-state index in [1.165, 1.54) is 50.6 Å². The van der Waals surface area contributed by atoms with Gasteiger partial charge in [0.05, 0.1) is 93.9 Å². The lowest BCUT2D eigenvalue weighted by Crippen LogP contribution is -2.54. The Bertz CT molecular complexity index is 2660. The molecule has 2 heterocycles. The molecule has 24 heteroatoms. The van der Waals surface area contributed by atoms with Crippen molar-refractivity contribution < 1.29 is 80.0 Å². The number of methoxy groups -OCH3 is 2. The van der Waals surface area contributed by atoms with Crippen molar-refractivity contribution in [1.29, 1.82) is 0 Å². The van der Waals surface area contributed by atoms with Crippen LogP contribution in [-0.2, 0) is 87.9 Å². The Morgan fingerprint density at radius 2 is 1.30 bits per heavy atom. The van der Waals surface area contributed by atoms with Gasteiger partial charge in [-0.25, -0.2) is 8.42 Å². The van der Waals surface area contributed by atoms with Crippen LogP contribution in [0.1, 0.15) is 139 Å². The number of carbonyl (C=O) groups excluding carboxylic acids is 10. The number of benzene rings is 1. The maximum absolute atomic E-state index is 14.5. The number of ketones is 4. The first-order valence-corrected chi connectivity index (χ1v) is 33.6. The van der Waals surface area contributed by atoms with E-state index in [0.29, 0.717) is 44.2 Å². The van der Waals surface area contributed by atoms with Gasteiger partial charge in [0.25, 0.3) is 11.8 Å². The molecule has 2 aliphatic rings. The second-order valence-corrected chi connectivity index (χ2v) is 27.4. The predicted octanol–water partition coefficient (Wildman–Crippen LogP) is 5.01. The second kappa shape index (κ2) is 39.0. The van der Waals surface area contributed by atoms with Crippen molar-refractivity contribution in [3.8, 4) is 0 Å². The van der Waals surface area contributed by atoms with Gasteiger partial charge in [0.2, 0.25) is 23.6 Å². The molecular formula is C66H106N6O17S. The summed E-state index contributed by atoms with van der Waals surface area (Å²) in [6, 6.07) is 3.13. The summed E-state index contributed by atoms with van der Waals surface area (Å²) < 4.78 is 56.3. The average Bonchev–Trinajstić information content (AvgIpc) is 1.72. The molecule has 0 radical (unpaired) electrons. The fourth-order valence-electron chi connectivity index (χ4n) is 12.1. The van der Waals surface area contributed by atoms with Crippen molar-refractivity contribution in [3.05, 3.63) is 42.0 Å². The predicted molar refractivity (Wildman–Crippen MR) is 339 cm³/mol. The summed E-state index contributed by atoms with van der Waals surface area (Å²) in [7, 11) is 4.15. The van der Waals surface area contributed by atoms with E-state index in [4.69, 9.17) is 29.4 Å². The molecule has 1 saturated heterocycles. The third-order valence-corrected chi connectivity index (χ3v) is 19.2. The summed E-state index contributed by atoms with van der Waals surface area (Å²) in [4.78, 5) is 139. The highest BCUT2D eigenvalue weighted by Gasteiger charge is 2.44. The molecule has 1 aromatic rings. The Kier molecular flexibility index (Phi) is 34.1. The van der Waals surface area contributed by atoms with Crippen LogP contribution < -0.4 is 11.1 Å². The highest BCUT2D eigenvalue weighted by molar-refractivity contribution is 7.92. The number of hydrogen-bond donors (Lipinski definition) is 2. The number of imide groups is 1. The summed E-state index contributed by atoms with van der Waals surface area (Å²) >= 11 is 0. The molecule has 2 aliphatic heterocycles. The number of Topliss-reactive ketones (excluding diaryl/α,β-unsaturated/α-hetero) is 4. The van der Waals surface area contributed by atoms with Gasteiger partial charge in [0.15, 0.2) is 27.2 Å². The fraction of sp³-hybridized carbons (Fsp3) is 0.727. The van der Waals surface area contributed by atoms with E-state index in [1.807, 2.05) is 60.5 Å².